The van der Waals surface area contributed by atoms with Gasteiger partial charge in [-0.2, -0.15) is 5.10 Å². The van der Waals surface area contributed by atoms with Gasteiger partial charge in [-0.25, -0.2) is 0 Å². The Hall–Kier alpha value is -2.33. The Morgan fingerprint density at radius 1 is 1.08 bits per heavy atom. The predicted octanol–water partition coefficient (Wildman–Crippen LogP) is 4.80. The fraction of sp³-hybridized carbons (Fsp3) is 0.263. The van der Waals surface area contributed by atoms with Gasteiger partial charge < -0.3 is 10.5 Å². The van der Waals surface area contributed by atoms with Crippen molar-refractivity contribution in [2.24, 2.45) is 15.9 Å². The number of amidine groups is 1. The Bertz CT molecular complexity index is 807. The Kier molecular flexibility index (Phi) is 4.86. The molecule has 3 rings (SSSR count). The van der Waals surface area contributed by atoms with Crippen molar-refractivity contribution >= 4 is 23.1 Å². The molecule has 124 valence electrons. The Morgan fingerprint density at radius 2 is 1.83 bits per heavy atom. The molecule has 0 bridgehead atoms. The minimum atomic E-state index is 0.566. The molecule has 1 aliphatic heterocycles. The smallest absolute Gasteiger partial charge is 0.132 e. The van der Waals surface area contributed by atoms with Gasteiger partial charge in [0.15, 0.2) is 0 Å². The third-order valence-electron chi connectivity index (χ3n) is 3.87. The van der Waals surface area contributed by atoms with Gasteiger partial charge in [0.2, 0.25) is 0 Å². The molecule has 0 fully saturated rings. The van der Waals surface area contributed by atoms with Crippen LogP contribution in [0.15, 0.2) is 46.6 Å². The second kappa shape index (κ2) is 7.05. The first-order valence-electron chi connectivity index (χ1n) is 7.92. The van der Waals surface area contributed by atoms with Crippen LogP contribution in [0.5, 0.6) is 11.5 Å². The van der Waals surface area contributed by atoms with E-state index in [-0.39, 0.29) is 0 Å². The van der Waals surface area contributed by atoms with Crippen LogP contribution in [0.25, 0.3) is 0 Å². The number of aryl methyl sites for hydroxylation is 2. The van der Waals surface area contributed by atoms with Crippen molar-refractivity contribution in [1.29, 1.82) is 0 Å². The normalized spacial score (nSPS) is 13.6. The summed E-state index contributed by atoms with van der Waals surface area (Å²) >= 11 is 6.40. The minimum absolute atomic E-state index is 0.566. The van der Waals surface area contributed by atoms with Crippen LogP contribution in [0.4, 0.5) is 0 Å². The van der Waals surface area contributed by atoms with Crippen molar-refractivity contribution in [1.82, 2.24) is 0 Å². The summed E-state index contributed by atoms with van der Waals surface area (Å²) in [5.74, 6) is 2.16. The zero-order valence-corrected chi connectivity index (χ0v) is 14.6. The summed E-state index contributed by atoms with van der Waals surface area (Å²) in [5.41, 5.74) is 9.96. The molecule has 0 atom stereocenters. The largest absolute Gasteiger partial charge is 0.457 e. The highest BCUT2D eigenvalue weighted by Gasteiger charge is 2.14. The summed E-state index contributed by atoms with van der Waals surface area (Å²) in [6.45, 7) is 4.11. The second-order valence-corrected chi connectivity index (χ2v) is 6.48. The van der Waals surface area contributed by atoms with Crippen molar-refractivity contribution in [3.63, 3.8) is 0 Å². The summed E-state index contributed by atoms with van der Waals surface area (Å²) < 4.78 is 6.11. The third-order valence-corrected chi connectivity index (χ3v) is 4.22. The predicted molar refractivity (Wildman–Crippen MR) is 99.4 cm³/mol. The molecule has 0 aliphatic carbocycles. The van der Waals surface area contributed by atoms with Gasteiger partial charge >= 0.3 is 0 Å². The van der Waals surface area contributed by atoms with Gasteiger partial charge in [0.25, 0.3) is 0 Å². The van der Waals surface area contributed by atoms with Crippen LogP contribution >= 0.6 is 11.6 Å². The van der Waals surface area contributed by atoms with Crippen LogP contribution in [0.1, 0.15) is 29.5 Å². The molecule has 5 heteroatoms. The average molecular weight is 342 g/mol. The fourth-order valence-corrected chi connectivity index (χ4v) is 3.08. The molecule has 0 aromatic heterocycles. The van der Waals surface area contributed by atoms with Gasteiger partial charge in [0.1, 0.15) is 17.3 Å². The lowest BCUT2D eigenvalue weighted by Gasteiger charge is -2.14. The number of halogens is 1. The van der Waals surface area contributed by atoms with Crippen molar-refractivity contribution in [3.8, 4) is 11.5 Å². The maximum Gasteiger partial charge on any atom is 0.132 e. The van der Waals surface area contributed by atoms with E-state index < -0.39 is 0 Å². The van der Waals surface area contributed by atoms with Gasteiger partial charge in [0, 0.05) is 22.7 Å². The summed E-state index contributed by atoms with van der Waals surface area (Å²) in [6.07, 6.45) is 2.14. The van der Waals surface area contributed by atoms with E-state index in [9.17, 15) is 0 Å². The highest BCUT2D eigenvalue weighted by atomic mass is 35.5. The number of hydrogen-bond acceptors (Lipinski definition) is 4. The maximum atomic E-state index is 6.40. The summed E-state index contributed by atoms with van der Waals surface area (Å²) in [5, 5.41) is 8.67. The average Bonchev–Trinajstić information content (AvgIpc) is 2.91. The number of ether oxygens (including phenoxy) is 1. The molecule has 1 aliphatic rings. The first-order chi connectivity index (χ1) is 11.5. The lowest BCUT2D eigenvalue weighted by atomic mass is 10.0. The monoisotopic (exact) mass is 341 g/mol. The Labute approximate surface area is 147 Å². The first kappa shape index (κ1) is 16.5. The highest BCUT2D eigenvalue weighted by Crippen LogP contribution is 2.32. The topological polar surface area (TPSA) is 60.0 Å². The van der Waals surface area contributed by atoms with Crippen molar-refractivity contribution in [2.45, 2.75) is 33.1 Å². The van der Waals surface area contributed by atoms with Gasteiger partial charge in [-0.3, -0.25) is 0 Å². The third kappa shape index (κ3) is 3.95. The summed E-state index contributed by atoms with van der Waals surface area (Å²) in [4.78, 5) is 0. The standard InChI is InChI=1S/C19H20ClN3O/c1-12-8-13(2)10-15(9-12)24-18-5-3-4-17(20)16(18)7-6-14-11-19(21)23-22-14/h3-5,8-10H,6-7,11H2,1-2H3,(H2,21,23). The molecule has 0 amide bonds. The van der Waals surface area contributed by atoms with Crippen molar-refractivity contribution < 1.29 is 4.74 Å². The molecule has 2 aromatic carbocycles. The van der Waals surface area contributed by atoms with Crippen molar-refractivity contribution in [3.05, 3.63) is 58.1 Å². The quantitative estimate of drug-likeness (QED) is 0.849. The number of nitrogens with zero attached hydrogens (tertiary/aromatic N) is 2. The van der Waals surface area contributed by atoms with Gasteiger partial charge in [0.05, 0.1) is 0 Å². The molecular weight excluding hydrogens is 322 g/mol. The number of benzene rings is 2. The van der Waals surface area contributed by atoms with Crippen LogP contribution < -0.4 is 10.5 Å². The van der Waals surface area contributed by atoms with Crippen LogP contribution in [0, 0.1) is 13.8 Å². The van der Waals surface area contributed by atoms with E-state index >= 15 is 0 Å². The molecule has 0 saturated carbocycles. The molecule has 0 unspecified atom stereocenters. The lowest BCUT2D eigenvalue weighted by Crippen LogP contribution is -2.12. The summed E-state index contributed by atoms with van der Waals surface area (Å²) in [7, 11) is 0. The number of rotatable bonds is 5. The van der Waals surface area contributed by atoms with Gasteiger partial charge in [-0.05, 0) is 62.1 Å². The van der Waals surface area contributed by atoms with E-state index in [1.54, 1.807) is 0 Å². The molecular formula is C19H20ClN3O. The first-order valence-corrected chi connectivity index (χ1v) is 8.30. The van der Waals surface area contributed by atoms with E-state index in [0.717, 1.165) is 35.6 Å². The van der Waals surface area contributed by atoms with E-state index in [2.05, 4.69) is 30.1 Å². The molecule has 0 saturated heterocycles. The molecule has 1 heterocycles. The maximum absolute atomic E-state index is 6.40. The molecule has 0 spiro atoms. The van der Waals surface area contributed by atoms with E-state index in [4.69, 9.17) is 22.1 Å². The lowest BCUT2D eigenvalue weighted by molar-refractivity contribution is 0.475. The van der Waals surface area contributed by atoms with E-state index in [1.807, 2.05) is 30.3 Å². The van der Waals surface area contributed by atoms with Crippen LogP contribution in [-0.4, -0.2) is 11.5 Å². The van der Waals surface area contributed by atoms with Gasteiger partial charge in [-0.1, -0.05) is 23.7 Å². The SMILES string of the molecule is Cc1cc(C)cc(Oc2cccc(Cl)c2CCC2=NN=C(N)C2)c1. The zero-order valence-electron chi connectivity index (χ0n) is 13.8. The van der Waals surface area contributed by atoms with Crippen molar-refractivity contribution in [2.75, 3.05) is 0 Å². The highest BCUT2D eigenvalue weighted by molar-refractivity contribution is 6.31. The summed E-state index contributed by atoms with van der Waals surface area (Å²) in [6, 6.07) is 11.9. The number of nitrogens with two attached hydrogens (primary N) is 1. The van der Waals surface area contributed by atoms with E-state index in [0.29, 0.717) is 17.3 Å². The molecule has 2 aromatic rings. The zero-order chi connectivity index (χ0) is 17.1. The van der Waals surface area contributed by atoms with E-state index in [1.165, 1.54) is 11.1 Å². The molecule has 24 heavy (non-hydrogen) atoms. The number of hydrogen-bond donors (Lipinski definition) is 1. The fourth-order valence-electron chi connectivity index (χ4n) is 2.82. The molecule has 2 N–H and O–H groups in total. The Balaban J connectivity index is 1.79. The van der Waals surface area contributed by atoms with Gasteiger partial charge in [-0.15, -0.1) is 5.10 Å². The Morgan fingerprint density at radius 3 is 2.50 bits per heavy atom. The molecule has 0 radical (unpaired) electrons. The molecule has 4 nitrogen and oxygen atoms in total. The van der Waals surface area contributed by atoms with Crippen LogP contribution in [0.3, 0.4) is 0 Å². The van der Waals surface area contributed by atoms with Crippen LogP contribution in [-0.2, 0) is 6.42 Å². The minimum Gasteiger partial charge on any atom is -0.457 e. The van der Waals surface area contributed by atoms with Crippen LogP contribution in [0.2, 0.25) is 5.02 Å². The second-order valence-electron chi connectivity index (χ2n) is 6.08.